The Kier molecular flexibility index (Phi) is 4.70. The second-order valence-electron chi connectivity index (χ2n) is 5.08. The van der Waals surface area contributed by atoms with Crippen LogP contribution in [0.15, 0.2) is 29.6 Å². The number of halogens is 3. The van der Waals surface area contributed by atoms with Gasteiger partial charge in [0.2, 0.25) is 0 Å². The number of nitrogens with zero attached hydrogens (tertiary/aromatic N) is 3. The zero-order valence-electron chi connectivity index (χ0n) is 11.6. The van der Waals surface area contributed by atoms with Gasteiger partial charge in [0.05, 0.1) is 11.3 Å². The molecule has 1 aliphatic heterocycles. The average Bonchev–Trinajstić information content (AvgIpc) is 3.00. The van der Waals surface area contributed by atoms with Gasteiger partial charge in [-0.3, -0.25) is 4.90 Å². The Bertz CT molecular complexity index is 616. The number of thioether (sulfide) groups is 1. The molecule has 0 unspecified atom stereocenters. The molecule has 0 saturated carbocycles. The summed E-state index contributed by atoms with van der Waals surface area (Å²) in [5, 5.41) is 5.92. The summed E-state index contributed by atoms with van der Waals surface area (Å²) in [7, 11) is 0. The summed E-state index contributed by atoms with van der Waals surface area (Å²) in [5.41, 5.74) is 0.995. The van der Waals surface area contributed by atoms with E-state index < -0.39 is 11.7 Å². The monoisotopic (exact) mass is 345 g/mol. The smallest absolute Gasteiger partial charge is 0.289 e. The molecule has 1 aromatic carbocycles. The minimum absolute atomic E-state index is 0.0252. The molecule has 22 heavy (non-hydrogen) atoms. The average molecular weight is 345 g/mol. The van der Waals surface area contributed by atoms with Crippen molar-refractivity contribution >= 4 is 23.3 Å². The molecule has 0 N–H and O–H groups in total. The van der Waals surface area contributed by atoms with E-state index in [9.17, 15) is 13.2 Å². The van der Waals surface area contributed by atoms with E-state index >= 15 is 0 Å². The first-order valence-corrected chi connectivity index (χ1v) is 8.78. The molecule has 1 saturated heterocycles. The van der Waals surface area contributed by atoms with Crippen molar-refractivity contribution in [2.75, 3.05) is 18.1 Å². The van der Waals surface area contributed by atoms with Gasteiger partial charge in [-0.15, -0.1) is 5.10 Å². The van der Waals surface area contributed by atoms with Gasteiger partial charge >= 0.3 is 6.18 Å². The molecule has 3 rings (SSSR count). The first-order valence-electron chi connectivity index (χ1n) is 6.79. The molecule has 1 aliphatic rings. The van der Waals surface area contributed by atoms with Crippen LogP contribution in [0.4, 0.5) is 13.2 Å². The number of hydrogen-bond donors (Lipinski definition) is 0. The fourth-order valence-electron chi connectivity index (χ4n) is 2.52. The maximum atomic E-state index is 12.9. The zero-order chi connectivity index (χ0) is 15.6. The van der Waals surface area contributed by atoms with E-state index in [4.69, 9.17) is 0 Å². The summed E-state index contributed by atoms with van der Waals surface area (Å²) >= 11 is 3.06. The largest absolute Gasteiger partial charge is 0.416 e. The van der Waals surface area contributed by atoms with Crippen molar-refractivity contribution in [3.8, 4) is 0 Å². The Balaban J connectivity index is 1.84. The number of benzene rings is 1. The van der Waals surface area contributed by atoms with Crippen molar-refractivity contribution in [3.05, 3.63) is 46.5 Å². The van der Waals surface area contributed by atoms with Crippen molar-refractivity contribution in [1.29, 1.82) is 0 Å². The summed E-state index contributed by atoms with van der Waals surface area (Å²) in [4.78, 5) is 2.18. The van der Waals surface area contributed by atoms with Gasteiger partial charge in [-0.25, -0.2) is 0 Å². The van der Waals surface area contributed by atoms with Crippen molar-refractivity contribution in [2.24, 2.45) is 0 Å². The number of rotatable bonds is 3. The highest BCUT2D eigenvalue weighted by atomic mass is 32.2. The molecule has 0 radical (unpaired) electrons. The van der Waals surface area contributed by atoms with Crippen LogP contribution in [0.1, 0.15) is 22.9 Å². The van der Waals surface area contributed by atoms with Crippen LogP contribution in [-0.2, 0) is 12.7 Å². The summed E-state index contributed by atoms with van der Waals surface area (Å²) in [6.45, 7) is 1.46. The maximum Gasteiger partial charge on any atom is 0.416 e. The van der Waals surface area contributed by atoms with Crippen LogP contribution >= 0.6 is 23.3 Å². The Labute approximate surface area is 134 Å². The molecule has 0 amide bonds. The zero-order valence-corrected chi connectivity index (χ0v) is 13.2. The second kappa shape index (κ2) is 6.55. The van der Waals surface area contributed by atoms with Gasteiger partial charge in [-0.2, -0.15) is 24.9 Å². The maximum absolute atomic E-state index is 12.9. The Morgan fingerprint density at radius 1 is 1.32 bits per heavy atom. The van der Waals surface area contributed by atoms with E-state index in [0.717, 1.165) is 29.8 Å². The van der Waals surface area contributed by atoms with Crippen LogP contribution in [0.2, 0.25) is 0 Å². The third-order valence-electron chi connectivity index (χ3n) is 3.61. The van der Waals surface area contributed by atoms with Crippen LogP contribution in [0.25, 0.3) is 0 Å². The van der Waals surface area contributed by atoms with Crippen molar-refractivity contribution in [2.45, 2.75) is 18.8 Å². The molecule has 0 spiro atoms. The van der Waals surface area contributed by atoms with E-state index in [1.165, 1.54) is 23.7 Å². The molecule has 2 aromatic rings. The Morgan fingerprint density at radius 2 is 2.18 bits per heavy atom. The fourth-order valence-corrected chi connectivity index (χ4v) is 4.12. The van der Waals surface area contributed by atoms with E-state index in [1.54, 1.807) is 17.8 Å². The van der Waals surface area contributed by atoms with Crippen LogP contribution in [0.5, 0.6) is 0 Å². The Hall–Kier alpha value is -1.12. The van der Waals surface area contributed by atoms with Gasteiger partial charge in [0.15, 0.2) is 0 Å². The normalized spacial score (nSPS) is 20.2. The van der Waals surface area contributed by atoms with Gasteiger partial charge in [0.25, 0.3) is 0 Å². The lowest BCUT2D eigenvalue weighted by Crippen LogP contribution is -2.35. The molecule has 2 heterocycles. The highest BCUT2D eigenvalue weighted by molar-refractivity contribution is 7.99. The van der Waals surface area contributed by atoms with Gasteiger partial charge in [0, 0.05) is 36.0 Å². The number of aromatic nitrogens is 2. The molecule has 3 nitrogen and oxygen atoms in total. The highest BCUT2D eigenvalue weighted by Gasteiger charge is 2.32. The molecule has 118 valence electrons. The summed E-state index contributed by atoms with van der Waals surface area (Å²) in [6.07, 6.45) is -4.30. The third-order valence-corrected chi connectivity index (χ3v) is 5.18. The predicted octanol–water partition coefficient (Wildman–Crippen LogP) is 3.85. The molecule has 1 atom stereocenters. The first kappa shape index (κ1) is 15.8. The Morgan fingerprint density at radius 3 is 2.91 bits per heavy atom. The third kappa shape index (κ3) is 3.61. The van der Waals surface area contributed by atoms with Crippen molar-refractivity contribution in [3.63, 3.8) is 0 Å². The minimum Gasteiger partial charge on any atom is -0.289 e. The lowest BCUT2D eigenvalue weighted by Gasteiger charge is -2.35. The lowest BCUT2D eigenvalue weighted by atomic mass is 10.0. The van der Waals surface area contributed by atoms with Crippen LogP contribution in [-0.4, -0.2) is 32.5 Å². The van der Waals surface area contributed by atoms with Gasteiger partial charge in [0.1, 0.15) is 0 Å². The SMILES string of the molecule is FC(F)(F)c1cccc([C@@H]2CSCCN2Cc2csnn2)c1. The molecule has 1 fully saturated rings. The topological polar surface area (TPSA) is 29.0 Å². The number of alkyl halides is 3. The van der Waals surface area contributed by atoms with Crippen molar-refractivity contribution in [1.82, 2.24) is 14.5 Å². The first-order chi connectivity index (χ1) is 10.5. The summed E-state index contributed by atoms with van der Waals surface area (Å²) in [6, 6.07) is 5.62. The lowest BCUT2D eigenvalue weighted by molar-refractivity contribution is -0.137. The standard InChI is InChI=1S/C14H14F3N3S2/c15-14(16,17)11-3-1-2-10(6-11)13-9-21-5-4-20(13)7-12-8-22-19-18-12/h1-3,6,8,13H,4-5,7,9H2/t13-/m0/s1. The minimum atomic E-state index is -4.30. The van der Waals surface area contributed by atoms with E-state index in [1.807, 2.05) is 5.38 Å². The van der Waals surface area contributed by atoms with Gasteiger partial charge in [-0.1, -0.05) is 16.6 Å². The number of hydrogen-bond acceptors (Lipinski definition) is 5. The fraction of sp³-hybridized carbons (Fsp3) is 0.429. The van der Waals surface area contributed by atoms with Gasteiger partial charge in [-0.05, 0) is 29.2 Å². The van der Waals surface area contributed by atoms with E-state index in [0.29, 0.717) is 12.1 Å². The van der Waals surface area contributed by atoms with Gasteiger partial charge < -0.3 is 0 Å². The van der Waals surface area contributed by atoms with Crippen LogP contribution in [0.3, 0.4) is 0 Å². The van der Waals surface area contributed by atoms with Crippen LogP contribution in [0, 0.1) is 0 Å². The molecule has 8 heteroatoms. The summed E-state index contributed by atoms with van der Waals surface area (Å²) in [5.74, 6) is 1.77. The molecule has 0 bridgehead atoms. The van der Waals surface area contributed by atoms with E-state index in [2.05, 4.69) is 14.5 Å². The summed E-state index contributed by atoms with van der Waals surface area (Å²) < 4.78 is 42.5. The highest BCUT2D eigenvalue weighted by Crippen LogP contribution is 2.35. The molecule has 1 aromatic heterocycles. The van der Waals surface area contributed by atoms with Crippen LogP contribution < -0.4 is 0 Å². The van der Waals surface area contributed by atoms with Crippen molar-refractivity contribution < 1.29 is 13.2 Å². The molecular formula is C14H14F3N3S2. The molecule has 0 aliphatic carbocycles. The molecular weight excluding hydrogens is 331 g/mol. The van der Waals surface area contributed by atoms with E-state index in [-0.39, 0.29) is 6.04 Å². The second-order valence-corrected chi connectivity index (χ2v) is 6.84. The predicted molar refractivity (Wildman–Crippen MR) is 81.8 cm³/mol. The quantitative estimate of drug-likeness (QED) is 0.845.